The smallest absolute Gasteiger partial charge is 0.219 e. The summed E-state index contributed by atoms with van der Waals surface area (Å²) in [5.74, 6) is 3.41. The van der Waals surface area contributed by atoms with Crippen LogP contribution in [0.4, 0.5) is 17.7 Å². The van der Waals surface area contributed by atoms with E-state index in [0.717, 1.165) is 74.3 Å². The van der Waals surface area contributed by atoms with Crippen molar-refractivity contribution in [2.45, 2.75) is 19.4 Å². The van der Waals surface area contributed by atoms with E-state index in [9.17, 15) is 0 Å². The van der Waals surface area contributed by atoms with Crippen LogP contribution in [0.25, 0.3) is 22.6 Å². The number of anilines is 3. The molecule has 11 heteroatoms. The van der Waals surface area contributed by atoms with Crippen LogP contribution in [0.1, 0.15) is 12.8 Å². The van der Waals surface area contributed by atoms with Crippen LogP contribution in [0, 0.1) is 5.92 Å². The normalized spacial score (nSPS) is 20.0. The van der Waals surface area contributed by atoms with Crippen molar-refractivity contribution >= 4 is 28.9 Å². The van der Waals surface area contributed by atoms with Gasteiger partial charge in [-0.3, -0.25) is 4.57 Å². The van der Waals surface area contributed by atoms with E-state index in [-0.39, 0.29) is 5.95 Å². The topological polar surface area (TPSA) is 114 Å². The van der Waals surface area contributed by atoms with Crippen molar-refractivity contribution in [1.82, 2.24) is 34.4 Å². The number of hydrogen-bond acceptors (Lipinski definition) is 10. The lowest BCUT2D eigenvalue weighted by atomic mass is 10.3. The number of imidazole rings is 1. The first kappa shape index (κ1) is 20.5. The third-order valence-corrected chi connectivity index (χ3v) is 6.72. The SMILES string of the molecule is CN1CCN(c2nc3c(N4CCOCC4)nc(-c4cnc(N)nc4)nc3n2CC2CC2)CC1. The summed E-state index contributed by atoms with van der Waals surface area (Å²) in [6.45, 7) is 7.85. The Hall–Kier alpha value is -3.05. The molecule has 2 aliphatic heterocycles. The second kappa shape index (κ2) is 8.38. The van der Waals surface area contributed by atoms with Crippen LogP contribution in [0.15, 0.2) is 12.4 Å². The van der Waals surface area contributed by atoms with Crippen molar-refractivity contribution in [3.63, 3.8) is 0 Å². The quantitative estimate of drug-likeness (QED) is 0.600. The van der Waals surface area contributed by atoms with Gasteiger partial charge in [-0.15, -0.1) is 0 Å². The minimum Gasteiger partial charge on any atom is -0.378 e. The maximum Gasteiger partial charge on any atom is 0.219 e. The van der Waals surface area contributed by atoms with Gasteiger partial charge in [0.1, 0.15) is 0 Å². The summed E-state index contributed by atoms with van der Waals surface area (Å²) in [5.41, 5.74) is 8.22. The predicted octanol–water partition coefficient (Wildman–Crippen LogP) is 0.864. The van der Waals surface area contributed by atoms with E-state index in [2.05, 4.69) is 36.3 Å². The van der Waals surface area contributed by atoms with E-state index in [0.29, 0.717) is 25.0 Å². The van der Waals surface area contributed by atoms with E-state index < -0.39 is 0 Å². The van der Waals surface area contributed by atoms with E-state index in [1.165, 1.54) is 12.8 Å². The van der Waals surface area contributed by atoms with Crippen LogP contribution in [0.2, 0.25) is 0 Å². The monoisotopic (exact) mass is 450 g/mol. The van der Waals surface area contributed by atoms with E-state index in [1.54, 1.807) is 12.4 Å². The molecule has 3 aromatic rings. The van der Waals surface area contributed by atoms with E-state index in [1.807, 2.05) is 0 Å². The van der Waals surface area contributed by atoms with Crippen LogP contribution < -0.4 is 15.5 Å². The number of hydrogen-bond donors (Lipinski definition) is 1. The average molecular weight is 451 g/mol. The Bertz CT molecular complexity index is 1130. The van der Waals surface area contributed by atoms with Gasteiger partial charge in [0, 0.05) is 58.2 Å². The zero-order valence-electron chi connectivity index (χ0n) is 19.0. The largest absolute Gasteiger partial charge is 0.378 e. The maximum atomic E-state index is 5.72. The van der Waals surface area contributed by atoms with Gasteiger partial charge in [0.05, 0.1) is 18.8 Å². The van der Waals surface area contributed by atoms with Crippen LogP contribution in [-0.2, 0) is 11.3 Å². The highest BCUT2D eigenvalue weighted by Crippen LogP contribution is 2.36. The summed E-state index contributed by atoms with van der Waals surface area (Å²) in [6.07, 6.45) is 5.91. The molecule has 6 rings (SSSR count). The number of piperazine rings is 1. The Labute approximate surface area is 192 Å². The molecule has 5 heterocycles. The summed E-state index contributed by atoms with van der Waals surface area (Å²) < 4.78 is 7.92. The fourth-order valence-electron chi connectivity index (χ4n) is 4.53. The molecule has 0 spiro atoms. The molecule has 33 heavy (non-hydrogen) atoms. The van der Waals surface area contributed by atoms with Gasteiger partial charge >= 0.3 is 0 Å². The van der Waals surface area contributed by atoms with Gasteiger partial charge < -0.3 is 25.2 Å². The predicted molar refractivity (Wildman–Crippen MR) is 126 cm³/mol. The lowest BCUT2D eigenvalue weighted by molar-refractivity contribution is 0.122. The van der Waals surface area contributed by atoms with Gasteiger partial charge in [-0.2, -0.15) is 0 Å². The second-order valence-electron chi connectivity index (χ2n) is 9.23. The highest BCUT2D eigenvalue weighted by molar-refractivity contribution is 5.88. The minimum absolute atomic E-state index is 0.240. The molecule has 3 fully saturated rings. The Balaban J connectivity index is 1.52. The second-order valence-corrected chi connectivity index (χ2v) is 9.23. The van der Waals surface area contributed by atoms with Gasteiger partial charge in [-0.05, 0) is 25.8 Å². The highest BCUT2D eigenvalue weighted by Gasteiger charge is 2.30. The number of nitrogen functional groups attached to an aromatic ring is 1. The molecule has 1 saturated carbocycles. The first-order chi connectivity index (χ1) is 16.2. The minimum atomic E-state index is 0.240. The Morgan fingerprint density at radius 1 is 0.939 bits per heavy atom. The van der Waals surface area contributed by atoms with Crippen molar-refractivity contribution in [2.24, 2.45) is 5.92 Å². The van der Waals surface area contributed by atoms with Crippen molar-refractivity contribution < 1.29 is 4.74 Å². The zero-order chi connectivity index (χ0) is 22.4. The van der Waals surface area contributed by atoms with Crippen molar-refractivity contribution in [2.75, 3.05) is 75.1 Å². The van der Waals surface area contributed by atoms with Gasteiger partial charge in [-0.1, -0.05) is 0 Å². The fourth-order valence-corrected chi connectivity index (χ4v) is 4.53. The lowest BCUT2D eigenvalue weighted by Gasteiger charge is -2.33. The molecule has 11 nitrogen and oxygen atoms in total. The Morgan fingerprint density at radius 2 is 1.67 bits per heavy atom. The molecule has 0 amide bonds. The molecule has 2 N–H and O–H groups in total. The first-order valence-corrected chi connectivity index (χ1v) is 11.8. The average Bonchev–Trinajstić information content (AvgIpc) is 3.60. The van der Waals surface area contributed by atoms with E-state index >= 15 is 0 Å². The molecule has 1 aliphatic carbocycles. The van der Waals surface area contributed by atoms with Gasteiger partial charge in [0.15, 0.2) is 22.8 Å². The molecular formula is C22H30N10O. The van der Waals surface area contributed by atoms with Crippen LogP contribution in [0.3, 0.4) is 0 Å². The summed E-state index contributed by atoms with van der Waals surface area (Å²) in [7, 11) is 2.17. The van der Waals surface area contributed by atoms with Crippen molar-refractivity contribution in [3.8, 4) is 11.4 Å². The molecule has 0 aromatic carbocycles. The summed E-state index contributed by atoms with van der Waals surface area (Å²) in [4.78, 5) is 30.5. The first-order valence-electron chi connectivity index (χ1n) is 11.8. The van der Waals surface area contributed by atoms with Crippen molar-refractivity contribution in [3.05, 3.63) is 12.4 Å². The molecule has 2 saturated heterocycles. The summed E-state index contributed by atoms with van der Waals surface area (Å²) in [6, 6.07) is 0. The highest BCUT2D eigenvalue weighted by atomic mass is 16.5. The third-order valence-electron chi connectivity index (χ3n) is 6.72. The number of likely N-dealkylation sites (N-methyl/N-ethyl adjacent to an activating group) is 1. The molecule has 0 unspecified atom stereocenters. The number of morpholine rings is 1. The molecule has 0 bridgehead atoms. The number of rotatable bonds is 5. The molecule has 3 aromatic heterocycles. The fraction of sp³-hybridized carbons (Fsp3) is 0.591. The summed E-state index contributed by atoms with van der Waals surface area (Å²) >= 11 is 0. The van der Waals surface area contributed by atoms with Gasteiger partial charge in [0.25, 0.3) is 0 Å². The summed E-state index contributed by atoms with van der Waals surface area (Å²) in [5, 5.41) is 0. The lowest BCUT2D eigenvalue weighted by Crippen LogP contribution is -2.45. The Kier molecular flexibility index (Phi) is 5.22. The van der Waals surface area contributed by atoms with Gasteiger partial charge in [0.2, 0.25) is 11.9 Å². The number of fused-ring (bicyclic) bond motifs is 1. The zero-order valence-corrected chi connectivity index (χ0v) is 19.0. The molecule has 3 aliphatic rings. The standard InChI is InChI=1S/C22H30N10O/c1-29-4-6-31(7-5-29)22-26-17-19(30-8-10-33-11-9-30)27-18(16-12-24-21(23)25-13-16)28-20(17)32(22)14-15-2-3-15/h12-13,15H,2-11,14H2,1H3,(H2,23,24,25). The van der Waals surface area contributed by atoms with Crippen LogP contribution >= 0.6 is 0 Å². The van der Waals surface area contributed by atoms with E-state index in [4.69, 9.17) is 25.4 Å². The molecule has 0 atom stereocenters. The number of aromatic nitrogens is 6. The van der Waals surface area contributed by atoms with Gasteiger partial charge in [-0.25, -0.2) is 24.9 Å². The third kappa shape index (κ3) is 4.06. The molecular weight excluding hydrogens is 420 g/mol. The number of nitrogens with zero attached hydrogens (tertiary/aromatic N) is 9. The Morgan fingerprint density at radius 3 is 2.36 bits per heavy atom. The number of nitrogens with two attached hydrogens (primary N) is 1. The van der Waals surface area contributed by atoms with Crippen molar-refractivity contribution in [1.29, 1.82) is 0 Å². The van der Waals surface area contributed by atoms with Crippen LogP contribution in [0.5, 0.6) is 0 Å². The molecule has 174 valence electrons. The number of ether oxygens (including phenoxy) is 1. The maximum absolute atomic E-state index is 5.72. The molecule has 0 radical (unpaired) electrons. The van der Waals surface area contributed by atoms with Crippen LogP contribution in [-0.4, -0.2) is 93.9 Å².